The molecule has 0 aliphatic rings. The zero-order valence-electron chi connectivity index (χ0n) is 18.1. The third-order valence-corrected chi connectivity index (χ3v) is 5.93. The predicted octanol–water partition coefficient (Wildman–Crippen LogP) is 5.49. The van der Waals surface area contributed by atoms with E-state index in [4.69, 9.17) is 0 Å². The number of rotatable bonds is 10. The summed E-state index contributed by atoms with van der Waals surface area (Å²) in [7, 11) is 0. The lowest BCUT2D eigenvalue weighted by Gasteiger charge is -2.15. The van der Waals surface area contributed by atoms with Gasteiger partial charge in [0.2, 0.25) is 10.2 Å². The highest BCUT2D eigenvalue weighted by Gasteiger charge is 2.23. The second-order valence-corrected chi connectivity index (χ2v) is 9.21. The maximum atomic E-state index is 12.8. The van der Waals surface area contributed by atoms with Gasteiger partial charge in [0.1, 0.15) is 0 Å². The van der Waals surface area contributed by atoms with Gasteiger partial charge in [-0.1, -0.05) is 98.0 Å². The van der Waals surface area contributed by atoms with Crippen LogP contribution < -0.4 is 10.6 Å². The second kappa shape index (κ2) is 12.3. The molecule has 32 heavy (non-hydrogen) atoms. The average Bonchev–Trinajstić information content (AvgIpc) is 2.83. The second-order valence-electron chi connectivity index (χ2n) is 6.74. The van der Waals surface area contributed by atoms with Crippen molar-refractivity contribution in [2.24, 2.45) is 0 Å². The van der Waals surface area contributed by atoms with Gasteiger partial charge in [-0.15, -0.1) is 0 Å². The van der Waals surface area contributed by atoms with Gasteiger partial charge >= 0.3 is 0 Å². The van der Waals surface area contributed by atoms with Gasteiger partial charge in [-0.3, -0.25) is 9.59 Å². The summed E-state index contributed by atoms with van der Waals surface area (Å²) < 4.78 is 0. The fourth-order valence-electron chi connectivity index (χ4n) is 2.93. The molecule has 0 aliphatic carbocycles. The minimum Gasteiger partial charge on any atom is -0.364 e. The summed E-state index contributed by atoms with van der Waals surface area (Å²) >= 11 is 2.34. The summed E-state index contributed by atoms with van der Waals surface area (Å²) in [6, 6.07) is 19.6. The first-order valence-electron chi connectivity index (χ1n) is 10.4. The van der Waals surface area contributed by atoms with Gasteiger partial charge in [-0.25, -0.2) is 9.97 Å². The van der Waals surface area contributed by atoms with Crippen molar-refractivity contribution < 1.29 is 9.59 Å². The molecule has 1 aromatic heterocycles. The minimum atomic E-state index is -0.180. The largest absolute Gasteiger partial charge is 0.364 e. The lowest BCUT2D eigenvalue weighted by molar-refractivity contribution is 0.107. The Labute approximate surface area is 197 Å². The predicted molar refractivity (Wildman–Crippen MR) is 134 cm³/mol. The Morgan fingerprint density at radius 1 is 0.688 bits per heavy atom. The molecule has 6 nitrogen and oxygen atoms in total. The molecule has 2 aromatic carbocycles. The molecular formula is C24H26N4O2S2. The van der Waals surface area contributed by atoms with Gasteiger partial charge in [0, 0.05) is 13.1 Å². The lowest BCUT2D eigenvalue weighted by atomic mass is 10.2. The Morgan fingerprint density at radius 3 is 1.41 bits per heavy atom. The van der Waals surface area contributed by atoms with Crippen LogP contribution in [-0.2, 0) is 13.1 Å². The van der Waals surface area contributed by atoms with Crippen LogP contribution >= 0.6 is 23.5 Å². The number of nitrogens with one attached hydrogen (secondary N) is 2. The minimum absolute atomic E-state index is 0.180. The summed E-state index contributed by atoms with van der Waals surface area (Å²) in [5.41, 5.74) is 2.53. The number of carbonyl (C=O) groups is 2. The molecule has 0 radical (unpaired) electrons. The summed E-state index contributed by atoms with van der Waals surface area (Å²) in [4.78, 5) is 34.8. The fourth-order valence-corrected chi connectivity index (χ4v) is 4.01. The first-order chi connectivity index (χ1) is 15.6. The van der Waals surface area contributed by atoms with Gasteiger partial charge in [0.25, 0.3) is 0 Å². The standard InChI is InChI=1S/C24H26N4O2S2/c1-3-31-23(29)19-21(25-15-17-11-7-5-8-12-17)28-20(24(30)32-4-2)22(27-19)26-16-18-13-9-6-10-14-18/h5-14H,3-4,15-16H2,1-2H3,(H,26,27)(H,25,28). The third kappa shape index (κ3) is 6.58. The monoisotopic (exact) mass is 466 g/mol. The summed E-state index contributed by atoms with van der Waals surface area (Å²) in [5, 5.41) is 6.06. The van der Waals surface area contributed by atoms with Crippen molar-refractivity contribution in [3.63, 3.8) is 0 Å². The number of thioether (sulfide) groups is 2. The summed E-state index contributed by atoms with van der Waals surface area (Å²) in [6.07, 6.45) is 0. The molecule has 2 N–H and O–H groups in total. The Bertz CT molecular complexity index is 961. The van der Waals surface area contributed by atoms with Crippen LogP contribution in [0.2, 0.25) is 0 Å². The van der Waals surface area contributed by atoms with Gasteiger partial charge in [0.05, 0.1) is 0 Å². The van der Waals surface area contributed by atoms with Crippen molar-refractivity contribution in [1.29, 1.82) is 0 Å². The van der Waals surface area contributed by atoms with E-state index in [0.29, 0.717) is 36.2 Å². The van der Waals surface area contributed by atoms with Crippen LogP contribution in [0.4, 0.5) is 11.6 Å². The lowest BCUT2D eigenvalue weighted by Crippen LogP contribution is -2.17. The van der Waals surface area contributed by atoms with Crippen LogP contribution in [0.3, 0.4) is 0 Å². The van der Waals surface area contributed by atoms with Gasteiger partial charge < -0.3 is 10.6 Å². The summed E-state index contributed by atoms with van der Waals surface area (Å²) in [5.74, 6) is 1.89. The number of benzene rings is 2. The van der Waals surface area contributed by atoms with E-state index in [1.54, 1.807) is 0 Å². The number of anilines is 2. The van der Waals surface area contributed by atoms with Gasteiger partial charge in [0.15, 0.2) is 23.0 Å². The van der Waals surface area contributed by atoms with E-state index < -0.39 is 0 Å². The maximum absolute atomic E-state index is 12.8. The van der Waals surface area contributed by atoms with Crippen LogP contribution in [0.5, 0.6) is 0 Å². The zero-order valence-corrected chi connectivity index (χ0v) is 19.8. The molecule has 0 atom stereocenters. The molecule has 0 spiro atoms. The van der Waals surface area contributed by atoms with E-state index >= 15 is 0 Å². The Hall–Kier alpha value is -2.84. The molecule has 0 unspecified atom stereocenters. The van der Waals surface area contributed by atoms with Crippen molar-refractivity contribution in [1.82, 2.24) is 9.97 Å². The van der Waals surface area contributed by atoms with Crippen molar-refractivity contribution in [3.8, 4) is 0 Å². The Kier molecular flexibility index (Phi) is 9.13. The SMILES string of the molecule is CCSC(=O)c1nc(NCc2ccccc2)c(C(=O)SCC)nc1NCc1ccccc1. The molecular weight excluding hydrogens is 440 g/mol. The highest BCUT2D eigenvalue weighted by atomic mass is 32.2. The number of hydrogen-bond donors (Lipinski definition) is 2. The molecule has 0 saturated heterocycles. The smallest absolute Gasteiger partial charge is 0.241 e. The number of hydrogen-bond acceptors (Lipinski definition) is 8. The Morgan fingerprint density at radius 2 is 1.06 bits per heavy atom. The van der Waals surface area contributed by atoms with E-state index in [-0.39, 0.29) is 21.6 Å². The van der Waals surface area contributed by atoms with Crippen molar-refractivity contribution in [3.05, 3.63) is 83.2 Å². The number of nitrogens with zero attached hydrogens (tertiary/aromatic N) is 2. The van der Waals surface area contributed by atoms with E-state index in [9.17, 15) is 9.59 Å². The topological polar surface area (TPSA) is 84.0 Å². The van der Waals surface area contributed by atoms with Crippen LogP contribution in [0.15, 0.2) is 60.7 Å². The first-order valence-corrected chi connectivity index (χ1v) is 12.4. The zero-order chi connectivity index (χ0) is 22.8. The molecule has 0 fully saturated rings. The molecule has 8 heteroatoms. The summed E-state index contributed by atoms with van der Waals surface area (Å²) in [6.45, 7) is 4.77. The third-order valence-electron chi connectivity index (χ3n) is 4.44. The molecule has 166 valence electrons. The van der Waals surface area contributed by atoms with Crippen LogP contribution in [0.1, 0.15) is 46.0 Å². The first kappa shape index (κ1) is 23.8. The quantitative estimate of drug-likeness (QED) is 0.406. The van der Waals surface area contributed by atoms with Crippen molar-refractivity contribution >= 4 is 45.4 Å². The van der Waals surface area contributed by atoms with Gasteiger partial charge in [-0.2, -0.15) is 0 Å². The number of aromatic nitrogens is 2. The molecule has 1 heterocycles. The van der Waals surface area contributed by atoms with Crippen LogP contribution in [-0.4, -0.2) is 31.7 Å². The van der Waals surface area contributed by atoms with E-state index in [1.165, 1.54) is 23.5 Å². The average molecular weight is 467 g/mol. The highest BCUT2D eigenvalue weighted by Crippen LogP contribution is 2.26. The molecule has 3 aromatic rings. The molecule has 0 aliphatic heterocycles. The highest BCUT2D eigenvalue weighted by molar-refractivity contribution is 8.14. The van der Waals surface area contributed by atoms with Crippen molar-refractivity contribution in [2.45, 2.75) is 26.9 Å². The van der Waals surface area contributed by atoms with E-state index in [2.05, 4.69) is 20.6 Å². The molecule has 3 rings (SSSR count). The van der Waals surface area contributed by atoms with Crippen LogP contribution in [0, 0.1) is 0 Å². The fraction of sp³-hybridized carbons (Fsp3) is 0.250. The van der Waals surface area contributed by atoms with Crippen LogP contribution in [0.25, 0.3) is 0 Å². The van der Waals surface area contributed by atoms with E-state index in [0.717, 1.165) is 11.1 Å². The Balaban J connectivity index is 1.96. The van der Waals surface area contributed by atoms with Crippen molar-refractivity contribution in [2.75, 3.05) is 22.1 Å². The van der Waals surface area contributed by atoms with Gasteiger partial charge in [-0.05, 0) is 22.6 Å². The maximum Gasteiger partial charge on any atom is 0.241 e. The molecule has 0 amide bonds. The molecule has 0 saturated carbocycles. The number of carbonyl (C=O) groups excluding carboxylic acids is 2. The van der Waals surface area contributed by atoms with E-state index in [1.807, 2.05) is 74.5 Å². The molecule has 0 bridgehead atoms. The normalized spacial score (nSPS) is 10.6.